The van der Waals surface area contributed by atoms with E-state index in [1.807, 2.05) is 19.1 Å². The second-order valence-electron chi connectivity index (χ2n) is 6.86. The summed E-state index contributed by atoms with van der Waals surface area (Å²) in [7, 11) is 0. The van der Waals surface area contributed by atoms with Crippen molar-refractivity contribution in [2.24, 2.45) is 0 Å². The Kier molecular flexibility index (Phi) is 4.97. The number of anilines is 1. The van der Waals surface area contributed by atoms with Crippen LogP contribution in [0, 0.1) is 6.92 Å². The summed E-state index contributed by atoms with van der Waals surface area (Å²) >= 11 is 1.22. The lowest BCUT2D eigenvalue weighted by Gasteiger charge is -2.28. The van der Waals surface area contributed by atoms with Crippen LogP contribution in [0.4, 0.5) is 5.69 Å². The second-order valence-corrected chi connectivity index (χ2v) is 7.81. The molecule has 30 heavy (non-hydrogen) atoms. The number of amides is 1. The molecule has 2 aromatic carbocycles. The lowest BCUT2D eigenvalue weighted by molar-refractivity contribution is -0.117. The number of rotatable bonds is 5. The van der Waals surface area contributed by atoms with Crippen LogP contribution in [0.1, 0.15) is 37.2 Å². The fraction of sp³-hybridized carbons (Fsp3) is 0.0870. The number of aliphatic hydroxyl groups is 1. The predicted octanol–water partition coefficient (Wildman–Crippen LogP) is 4.54. The lowest BCUT2D eigenvalue weighted by Crippen LogP contribution is -2.31. The van der Waals surface area contributed by atoms with Crippen molar-refractivity contribution in [3.8, 4) is 0 Å². The van der Waals surface area contributed by atoms with E-state index in [9.17, 15) is 24.6 Å². The third-order valence-electron chi connectivity index (χ3n) is 5.05. The minimum absolute atomic E-state index is 0.00126. The highest BCUT2D eigenvalue weighted by Crippen LogP contribution is 2.43. The number of carbonyl (C=O) groups excluding carboxylic acids is 2. The van der Waals surface area contributed by atoms with E-state index in [-0.39, 0.29) is 16.8 Å². The maximum Gasteiger partial charge on any atom is 0.335 e. The molecule has 0 radical (unpaired) electrons. The summed E-state index contributed by atoms with van der Waals surface area (Å²) in [6.07, 6.45) is 0. The molecular weight excluding hydrogens is 402 g/mol. The molecule has 0 spiro atoms. The van der Waals surface area contributed by atoms with Crippen LogP contribution < -0.4 is 4.90 Å². The van der Waals surface area contributed by atoms with Crippen LogP contribution in [0.2, 0.25) is 0 Å². The number of carbonyl (C=O) groups is 3. The van der Waals surface area contributed by atoms with Gasteiger partial charge in [-0.25, -0.2) is 4.79 Å². The standard InChI is InChI=1S/C23H17NO5S/c1-13-6-2-3-9-16(13)19-18(20(25)17-10-5-11-30-17)21(26)22(27)24(19)15-8-4-7-14(12-15)23(28)29/h2-12,19,26H,1H3,(H,28,29). The zero-order valence-electron chi connectivity index (χ0n) is 15.9. The molecule has 2 N–H and O–H groups in total. The highest BCUT2D eigenvalue weighted by Gasteiger charge is 2.45. The Labute approximate surface area is 176 Å². The quantitative estimate of drug-likeness (QED) is 0.592. The molecule has 150 valence electrons. The van der Waals surface area contributed by atoms with Gasteiger partial charge in [0.25, 0.3) is 5.91 Å². The largest absolute Gasteiger partial charge is 0.503 e. The molecule has 6 nitrogen and oxygen atoms in total. The molecule has 1 amide bonds. The molecule has 0 saturated carbocycles. The normalized spacial score (nSPS) is 16.2. The minimum atomic E-state index is -1.14. The van der Waals surface area contributed by atoms with E-state index in [1.165, 1.54) is 34.4 Å². The van der Waals surface area contributed by atoms with Crippen molar-refractivity contribution in [2.75, 3.05) is 4.90 Å². The smallest absolute Gasteiger partial charge is 0.335 e. The van der Waals surface area contributed by atoms with E-state index >= 15 is 0 Å². The number of thiophene rings is 1. The van der Waals surface area contributed by atoms with Gasteiger partial charge in [0.05, 0.1) is 22.1 Å². The molecule has 1 aromatic heterocycles. The van der Waals surface area contributed by atoms with Gasteiger partial charge in [0, 0.05) is 5.69 Å². The third-order valence-corrected chi connectivity index (χ3v) is 5.92. The third kappa shape index (κ3) is 3.19. The molecule has 0 aliphatic carbocycles. The van der Waals surface area contributed by atoms with Gasteiger partial charge in [0.15, 0.2) is 5.76 Å². The summed E-state index contributed by atoms with van der Waals surface area (Å²) in [4.78, 5) is 39.4. The number of aliphatic hydroxyl groups excluding tert-OH is 1. The average molecular weight is 419 g/mol. The first kappa shape index (κ1) is 19.6. The Bertz CT molecular complexity index is 1200. The van der Waals surface area contributed by atoms with Crippen molar-refractivity contribution in [1.29, 1.82) is 0 Å². The maximum absolute atomic E-state index is 13.2. The maximum atomic E-state index is 13.2. The Morgan fingerprint density at radius 3 is 2.47 bits per heavy atom. The summed E-state index contributed by atoms with van der Waals surface area (Å²) in [6, 6.07) is 15.7. The number of hydrogen-bond donors (Lipinski definition) is 2. The first-order valence-electron chi connectivity index (χ1n) is 9.14. The van der Waals surface area contributed by atoms with Crippen LogP contribution in [0.3, 0.4) is 0 Å². The van der Waals surface area contributed by atoms with Crippen molar-refractivity contribution in [2.45, 2.75) is 13.0 Å². The van der Waals surface area contributed by atoms with E-state index in [2.05, 4.69) is 0 Å². The van der Waals surface area contributed by atoms with Crippen LogP contribution in [-0.4, -0.2) is 27.9 Å². The van der Waals surface area contributed by atoms with Crippen LogP contribution in [0.15, 0.2) is 77.4 Å². The fourth-order valence-electron chi connectivity index (χ4n) is 3.62. The van der Waals surface area contributed by atoms with Crippen LogP contribution in [-0.2, 0) is 4.79 Å². The van der Waals surface area contributed by atoms with Gasteiger partial charge in [-0.3, -0.25) is 14.5 Å². The van der Waals surface area contributed by atoms with Crippen LogP contribution in [0.25, 0.3) is 0 Å². The van der Waals surface area contributed by atoms with Crippen LogP contribution >= 0.6 is 11.3 Å². The average Bonchev–Trinajstić information content (AvgIpc) is 3.36. The minimum Gasteiger partial charge on any atom is -0.503 e. The number of benzene rings is 2. The zero-order valence-corrected chi connectivity index (χ0v) is 16.7. The fourth-order valence-corrected chi connectivity index (χ4v) is 4.30. The van der Waals surface area contributed by atoms with Crippen molar-refractivity contribution in [3.63, 3.8) is 0 Å². The summed E-state index contributed by atoms with van der Waals surface area (Å²) in [6.45, 7) is 1.86. The van der Waals surface area contributed by atoms with Crippen LogP contribution in [0.5, 0.6) is 0 Å². The summed E-state index contributed by atoms with van der Waals surface area (Å²) in [5.74, 6) is -2.93. The summed E-state index contributed by atoms with van der Waals surface area (Å²) in [5, 5.41) is 21.8. The molecular formula is C23H17NO5S. The van der Waals surface area contributed by atoms with E-state index in [4.69, 9.17) is 0 Å². The van der Waals surface area contributed by atoms with E-state index in [1.54, 1.807) is 35.7 Å². The van der Waals surface area contributed by atoms with Gasteiger partial charge in [-0.15, -0.1) is 11.3 Å². The predicted molar refractivity (Wildman–Crippen MR) is 113 cm³/mol. The van der Waals surface area contributed by atoms with Gasteiger partial charge < -0.3 is 10.2 Å². The molecule has 2 heterocycles. The summed E-state index contributed by atoms with van der Waals surface area (Å²) in [5.41, 5.74) is 1.78. The lowest BCUT2D eigenvalue weighted by atomic mass is 9.92. The Balaban J connectivity index is 1.92. The van der Waals surface area contributed by atoms with Crippen molar-refractivity contribution in [3.05, 3.63) is 98.9 Å². The number of Topliss-reactive ketones (excluding diaryl/α,β-unsaturated/α-hetero) is 1. The molecule has 1 atom stereocenters. The first-order chi connectivity index (χ1) is 14.4. The van der Waals surface area contributed by atoms with Gasteiger partial charge in [-0.05, 0) is 47.7 Å². The number of nitrogens with zero attached hydrogens (tertiary/aromatic N) is 1. The monoisotopic (exact) mass is 419 g/mol. The highest BCUT2D eigenvalue weighted by atomic mass is 32.1. The molecule has 1 aliphatic heterocycles. The number of aryl methyl sites for hydroxylation is 1. The number of ketones is 1. The Hall–Kier alpha value is -3.71. The molecule has 1 aliphatic rings. The van der Waals surface area contributed by atoms with Gasteiger partial charge in [0.2, 0.25) is 5.78 Å². The number of carboxylic acids is 1. The Morgan fingerprint density at radius 2 is 1.80 bits per heavy atom. The molecule has 3 aromatic rings. The molecule has 4 rings (SSSR count). The second kappa shape index (κ2) is 7.61. The molecule has 7 heteroatoms. The van der Waals surface area contributed by atoms with Gasteiger partial charge in [-0.2, -0.15) is 0 Å². The zero-order chi connectivity index (χ0) is 21.4. The number of hydrogen-bond acceptors (Lipinski definition) is 5. The number of aromatic carboxylic acids is 1. The molecule has 0 fully saturated rings. The van der Waals surface area contributed by atoms with Crippen molar-refractivity contribution in [1.82, 2.24) is 0 Å². The highest BCUT2D eigenvalue weighted by molar-refractivity contribution is 7.12. The Morgan fingerprint density at radius 1 is 1.03 bits per heavy atom. The van der Waals surface area contributed by atoms with Gasteiger partial charge >= 0.3 is 5.97 Å². The molecule has 1 unspecified atom stereocenters. The van der Waals surface area contributed by atoms with Crippen molar-refractivity contribution < 1.29 is 24.6 Å². The van der Waals surface area contributed by atoms with E-state index < -0.39 is 29.5 Å². The van der Waals surface area contributed by atoms with Gasteiger partial charge in [-0.1, -0.05) is 36.4 Å². The van der Waals surface area contributed by atoms with E-state index in [0.717, 1.165) is 5.56 Å². The topological polar surface area (TPSA) is 94.9 Å². The molecule has 0 saturated heterocycles. The number of carboxylic acid groups (broad SMARTS) is 1. The van der Waals surface area contributed by atoms with Gasteiger partial charge in [0.1, 0.15) is 0 Å². The van der Waals surface area contributed by atoms with Crippen molar-refractivity contribution >= 4 is 34.7 Å². The van der Waals surface area contributed by atoms with E-state index in [0.29, 0.717) is 10.4 Å². The SMILES string of the molecule is Cc1ccccc1C1C(C(=O)c2cccs2)=C(O)C(=O)N1c1cccc(C(=O)O)c1. The summed E-state index contributed by atoms with van der Waals surface area (Å²) < 4.78 is 0. The first-order valence-corrected chi connectivity index (χ1v) is 10.0. The molecule has 0 bridgehead atoms.